The number of hydrogen-bond donors (Lipinski definition) is 2. The van der Waals surface area contributed by atoms with Crippen LogP contribution in [0.3, 0.4) is 0 Å². The summed E-state index contributed by atoms with van der Waals surface area (Å²) >= 11 is 0. The molecule has 3 rings (SSSR count). The van der Waals surface area contributed by atoms with Gasteiger partial charge in [-0.2, -0.15) is 0 Å². The molecular weight excluding hydrogens is 300 g/mol. The number of sulfonamides is 1. The third kappa shape index (κ3) is 2.52. The van der Waals surface area contributed by atoms with Crippen LogP contribution in [-0.4, -0.2) is 8.42 Å². The van der Waals surface area contributed by atoms with Gasteiger partial charge in [-0.25, -0.2) is 13.6 Å². The van der Waals surface area contributed by atoms with Gasteiger partial charge in [0.2, 0.25) is 10.0 Å². The first-order valence-electron chi connectivity index (χ1n) is 6.73. The minimum atomic E-state index is -3.69. The average Bonchev–Trinajstić information content (AvgIpc) is 2.91. The lowest BCUT2D eigenvalue weighted by atomic mass is 9.82. The maximum Gasteiger partial charge on any atom is 0.238 e. The van der Waals surface area contributed by atoms with E-state index in [9.17, 15) is 8.42 Å². The maximum atomic E-state index is 11.3. The lowest BCUT2D eigenvalue weighted by Gasteiger charge is -2.26. The molecule has 0 spiro atoms. The van der Waals surface area contributed by atoms with Gasteiger partial charge in [0.25, 0.3) is 0 Å². The van der Waals surface area contributed by atoms with Crippen molar-refractivity contribution in [1.82, 2.24) is 5.48 Å². The molecule has 2 aromatic rings. The van der Waals surface area contributed by atoms with Gasteiger partial charge in [-0.3, -0.25) is 0 Å². The third-order valence-electron chi connectivity index (χ3n) is 3.82. The first-order valence-corrected chi connectivity index (χ1v) is 8.28. The van der Waals surface area contributed by atoms with E-state index in [1.54, 1.807) is 18.4 Å². The molecule has 1 aliphatic rings. The summed E-state index contributed by atoms with van der Waals surface area (Å²) in [6.07, 6.45) is 1.64. The van der Waals surface area contributed by atoms with Crippen molar-refractivity contribution >= 4 is 15.6 Å². The molecule has 3 N–H and O–H groups in total. The Morgan fingerprint density at radius 3 is 2.27 bits per heavy atom. The number of primary sulfonamides is 1. The van der Waals surface area contributed by atoms with Crippen LogP contribution in [0.5, 0.6) is 0 Å². The molecule has 0 bridgehead atoms. The summed E-state index contributed by atoms with van der Waals surface area (Å²) in [4.78, 5) is 5.41. The maximum absolute atomic E-state index is 11.3. The topological polar surface area (TPSA) is 81.4 Å². The Labute approximate surface area is 129 Å². The van der Waals surface area contributed by atoms with Crippen LogP contribution in [0.4, 0.5) is 0 Å². The predicted molar refractivity (Wildman–Crippen MR) is 83.8 cm³/mol. The molecule has 0 aromatic heterocycles. The first kappa shape index (κ1) is 14.8. The van der Waals surface area contributed by atoms with Crippen LogP contribution < -0.4 is 10.6 Å². The third-order valence-corrected chi connectivity index (χ3v) is 4.75. The van der Waals surface area contributed by atoms with Gasteiger partial charge >= 0.3 is 0 Å². The number of rotatable bonds is 3. The highest BCUT2D eigenvalue weighted by Gasteiger charge is 2.37. The van der Waals surface area contributed by atoms with Crippen LogP contribution in [0.15, 0.2) is 65.8 Å². The second-order valence-corrected chi connectivity index (χ2v) is 6.87. The van der Waals surface area contributed by atoms with Crippen LogP contribution in [0.2, 0.25) is 0 Å². The number of nitrogens with one attached hydrogen (secondary N) is 1. The summed E-state index contributed by atoms with van der Waals surface area (Å²) in [5, 5.41) is 5.13. The molecule has 0 saturated carbocycles. The van der Waals surface area contributed by atoms with E-state index < -0.39 is 15.6 Å². The Balaban J connectivity index is 2.01. The molecular formula is C16H16N2O3S. The van der Waals surface area contributed by atoms with Crippen molar-refractivity contribution in [3.05, 3.63) is 72.0 Å². The lowest BCUT2D eigenvalue weighted by molar-refractivity contribution is 0.106. The Kier molecular flexibility index (Phi) is 3.52. The molecule has 0 amide bonds. The summed E-state index contributed by atoms with van der Waals surface area (Å²) in [6.45, 7) is 2.01. The molecule has 0 saturated heterocycles. The summed E-state index contributed by atoms with van der Waals surface area (Å²) in [5.41, 5.74) is 5.33. The molecule has 0 fully saturated rings. The van der Waals surface area contributed by atoms with Crippen LogP contribution >= 0.6 is 0 Å². The number of hydrogen-bond acceptors (Lipinski definition) is 4. The van der Waals surface area contributed by atoms with Crippen molar-refractivity contribution in [3.8, 4) is 0 Å². The van der Waals surface area contributed by atoms with E-state index in [-0.39, 0.29) is 4.90 Å². The fourth-order valence-electron chi connectivity index (χ4n) is 2.55. The summed E-state index contributed by atoms with van der Waals surface area (Å²) in [6, 6.07) is 16.3. The normalized spacial score (nSPS) is 21.3. The standard InChI is InChI=1S/C16H16N2O3S/c1-16(13-5-3-2-4-6-13)15(11-21-18-16)12-7-9-14(10-8-12)22(17,19)20/h2-11,18H,1H3,(H2,17,19,20). The van der Waals surface area contributed by atoms with Crippen molar-refractivity contribution in [2.75, 3.05) is 0 Å². The van der Waals surface area contributed by atoms with Crippen molar-refractivity contribution in [2.45, 2.75) is 17.4 Å². The van der Waals surface area contributed by atoms with Crippen molar-refractivity contribution < 1.29 is 13.3 Å². The van der Waals surface area contributed by atoms with E-state index in [4.69, 9.17) is 9.98 Å². The summed E-state index contributed by atoms with van der Waals surface area (Å²) in [7, 11) is -3.69. The zero-order valence-corrected chi connectivity index (χ0v) is 12.8. The van der Waals surface area contributed by atoms with Crippen molar-refractivity contribution in [1.29, 1.82) is 0 Å². The van der Waals surface area contributed by atoms with Gasteiger partial charge < -0.3 is 4.84 Å². The van der Waals surface area contributed by atoms with Gasteiger partial charge in [-0.05, 0) is 30.2 Å². The van der Waals surface area contributed by atoms with Gasteiger partial charge in [0, 0.05) is 5.57 Å². The van der Waals surface area contributed by atoms with Gasteiger partial charge in [-0.1, -0.05) is 42.5 Å². The summed E-state index contributed by atoms with van der Waals surface area (Å²) < 4.78 is 22.7. The van der Waals surface area contributed by atoms with Gasteiger partial charge in [0.05, 0.1) is 4.90 Å². The molecule has 5 nitrogen and oxygen atoms in total. The highest BCUT2D eigenvalue weighted by molar-refractivity contribution is 7.89. The fourth-order valence-corrected chi connectivity index (χ4v) is 3.06. The minimum absolute atomic E-state index is 0.0881. The molecule has 114 valence electrons. The number of benzene rings is 2. The smallest absolute Gasteiger partial charge is 0.238 e. The molecule has 0 radical (unpaired) electrons. The zero-order chi connectivity index (χ0) is 15.8. The molecule has 1 unspecified atom stereocenters. The lowest BCUT2D eigenvalue weighted by Crippen LogP contribution is -2.35. The Morgan fingerprint density at radius 2 is 1.68 bits per heavy atom. The van der Waals surface area contributed by atoms with E-state index in [0.29, 0.717) is 0 Å². The molecule has 1 heterocycles. The number of hydroxylamine groups is 1. The van der Waals surface area contributed by atoms with Crippen LogP contribution in [0.1, 0.15) is 18.1 Å². The largest absolute Gasteiger partial charge is 0.415 e. The Morgan fingerprint density at radius 1 is 1.05 bits per heavy atom. The van der Waals surface area contributed by atoms with Gasteiger partial charge in [0.1, 0.15) is 11.8 Å². The SMILES string of the molecule is CC1(c2ccccc2)NOC=C1c1ccc(S(N)(=O)=O)cc1. The second kappa shape index (κ2) is 5.24. The van der Waals surface area contributed by atoms with E-state index in [1.807, 2.05) is 37.3 Å². The van der Waals surface area contributed by atoms with Crippen LogP contribution in [0, 0.1) is 0 Å². The Hall–Kier alpha value is -2.15. The van der Waals surface area contributed by atoms with Gasteiger partial charge in [-0.15, -0.1) is 5.48 Å². The van der Waals surface area contributed by atoms with Crippen molar-refractivity contribution in [3.63, 3.8) is 0 Å². The first-order chi connectivity index (χ1) is 10.4. The predicted octanol–water partition coefficient (Wildman–Crippen LogP) is 2.13. The molecule has 2 aromatic carbocycles. The highest BCUT2D eigenvalue weighted by atomic mass is 32.2. The number of nitrogens with two attached hydrogens (primary N) is 1. The molecule has 1 atom stereocenters. The second-order valence-electron chi connectivity index (χ2n) is 5.31. The van der Waals surface area contributed by atoms with E-state index >= 15 is 0 Å². The molecule has 6 heteroatoms. The van der Waals surface area contributed by atoms with Crippen LogP contribution in [0.25, 0.3) is 5.57 Å². The van der Waals surface area contributed by atoms with Gasteiger partial charge in [0.15, 0.2) is 0 Å². The monoisotopic (exact) mass is 316 g/mol. The molecule has 22 heavy (non-hydrogen) atoms. The average molecular weight is 316 g/mol. The van der Waals surface area contributed by atoms with E-state index in [0.717, 1.165) is 16.7 Å². The van der Waals surface area contributed by atoms with E-state index in [2.05, 4.69) is 5.48 Å². The van der Waals surface area contributed by atoms with E-state index in [1.165, 1.54) is 12.1 Å². The Bertz CT molecular complexity index is 814. The molecule has 1 aliphatic heterocycles. The quantitative estimate of drug-likeness (QED) is 0.909. The van der Waals surface area contributed by atoms with Crippen molar-refractivity contribution in [2.24, 2.45) is 5.14 Å². The summed E-state index contributed by atoms with van der Waals surface area (Å²) in [5.74, 6) is 0. The zero-order valence-electron chi connectivity index (χ0n) is 12.0. The fraction of sp³-hybridized carbons (Fsp3) is 0.125. The minimum Gasteiger partial charge on any atom is -0.415 e. The molecule has 0 aliphatic carbocycles. The van der Waals surface area contributed by atoms with Crippen LogP contribution in [-0.2, 0) is 20.4 Å². The highest BCUT2D eigenvalue weighted by Crippen LogP contribution is 2.39.